The summed E-state index contributed by atoms with van der Waals surface area (Å²) in [4.78, 5) is 26.3. The summed E-state index contributed by atoms with van der Waals surface area (Å²) in [5, 5.41) is 2.95. The maximum Gasteiger partial charge on any atom is 0.251 e. The molecule has 0 spiro atoms. The average Bonchev–Trinajstić information content (AvgIpc) is 2.73. The first-order valence-corrected chi connectivity index (χ1v) is 8.07. The zero-order valence-corrected chi connectivity index (χ0v) is 14.5. The number of fused-ring (bicyclic) bond motifs is 1. The quantitative estimate of drug-likeness (QED) is 0.943. The van der Waals surface area contributed by atoms with Gasteiger partial charge in [-0.3, -0.25) is 9.59 Å². The Morgan fingerprint density at radius 3 is 2.62 bits per heavy atom. The number of hydrogen-bond acceptors (Lipinski definition) is 2. The van der Waals surface area contributed by atoms with Crippen LogP contribution in [0.4, 0.5) is 5.69 Å². The molecule has 0 fully saturated rings. The Kier molecular flexibility index (Phi) is 3.91. The average molecular weight is 322 g/mol. The molecule has 0 radical (unpaired) electrons. The number of amides is 2. The molecule has 124 valence electrons. The van der Waals surface area contributed by atoms with Crippen LogP contribution in [0.1, 0.15) is 40.9 Å². The van der Waals surface area contributed by atoms with Gasteiger partial charge in [0.05, 0.1) is 5.41 Å². The molecule has 1 aliphatic rings. The number of nitrogens with zero attached hydrogens (tertiary/aromatic N) is 1. The maximum absolute atomic E-state index is 12.3. The molecule has 0 aliphatic carbocycles. The highest BCUT2D eigenvalue weighted by Gasteiger charge is 2.42. The van der Waals surface area contributed by atoms with Crippen molar-refractivity contribution in [2.45, 2.75) is 32.7 Å². The normalized spacial score (nSPS) is 15.3. The van der Waals surface area contributed by atoms with Gasteiger partial charge in [-0.15, -0.1) is 0 Å². The van der Waals surface area contributed by atoms with Gasteiger partial charge in [-0.05, 0) is 50.1 Å². The Bertz CT molecular complexity index is 824. The lowest BCUT2D eigenvalue weighted by molar-refractivity contribution is -0.121. The molecule has 24 heavy (non-hydrogen) atoms. The van der Waals surface area contributed by atoms with E-state index in [1.54, 1.807) is 11.9 Å². The molecule has 4 heteroatoms. The number of nitrogens with one attached hydrogen (secondary N) is 1. The van der Waals surface area contributed by atoms with Gasteiger partial charge < -0.3 is 10.2 Å². The number of anilines is 1. The van der Waals surface area contributed by atoms with E-state index >= 15 is 0 Å². The molecule has 2 aromatic rings. The van der Waals surface area contributed by atoms with Crippen molar-refractivity contribution in [3.05, 3.63) is 64.7 Å². The fourth-order valence-corrected chi connectivity index (χ4v) is 3.20. The van der Waals surface area contributed by atoms with Crippen LogP contribution in [0.3, 0.4) is 0 Å². The highest BCUT2D eigenvalue weighted by molar-refractivity contribution is 6.07. The second-order valence-corrected chi connectivity index (χ2v) is 6.89. The van der Waals surface area contributed by atoms with E-state index in [1.165, 1.54) is 0 Å². The lowest BCUT2D eigenvalue weighted by atomic mass is 9.85. The molecule has 2 amide bonds. The Hall–Kier alpha value is -2.62. The topological polar surface area (TPSA) is 49.4 Å². The van der Waals surface area contributed by atoms with E-state index in [9.17, 15) is 9.59 Å². The summed E-state index contributed by atoms with van der Waals surface area (Å²) in [6, 6.07) is 13.5. The fraction of sp³-hybridized carbons (Fsp3) is 0.300. The van der Waals surface area contributed by atoms with Gasteiger partial charge in [0.1, 0.15) is 0 Å². The highest BCUT2D eigenvalue weighted by Crippen LogP contribution is 2.40. The van der Waals surface area contributed by atoms with Crippen LogP contribution in [0, 0.1) is 6.92 Å². The van der Waals surface area contributed by atoms with Crippen molar-refractivity contribution in [3.63, 3.8) is 0 Å². The molecule has 1 aliphatic heterocycles. The van der Waals surface area contributed by atoms with E-state index in [2.05, 4.69) is 5.32 Å². The lowest BCUT2D eigenvalue weighted by Crippen LogP contribution is -2.33. The number of rotatable bonds is 3. The number of likely N-dealkylation sites (N-methyl/N-ethyl adjacent to an activating group) is 1. The predicted molar refractivity (Wildman–Crippen MR) is 95.2 cm³/mol. The summed E-state index contributed by atoms with van der Waals surface area (Å²) >= 11 is 0. The van der Waals surface area contributed by atoms with Crippen LogP contribution in [0.5, 0.6) is 0 Å². The van der Waals surface area contributed by atoms with Gasteiger partial charge in [0.2, 0.25) is 5.91 Å². The molecule has 0 saturated carbocycles. The largest absolute Gasteiger partial charge is 0.348 e. The molecule has 4 nitrogen and oxygen atoms in total. The Labute approximate surface area is 142 Å². The number of aryl methyl sites for hydroxylation is 1. The number of benzene rings is 2. The van der Waals surface area contributed by atoms with Crippen molar-refractivity contribution in [2.24, 2.45) is 0 Å². The van der Waals surface area contributed by atoms with Crippen LogP contribution in [0.25, 0.3) is 0 Å². The van der Waals surface area contributed by atoms with E-state index in [4.69, 9.17) is 0 Å². The van der Waals surface area contributed by atoms with Crippen LogP contribution in [-0.4, -0.2) is 18.9 Å². The first-order valence-electron chi connectivity index (χ1n) is 8.07. The minimum atomic E-state index is -0.527. The molecule has 0 unspecified atom stereocenters. The minimum Gasteiger partial charge on any atom is -0.348 e. The van der Waals surface area contributed by atoms with Gasteiger partial charge in [-0.1, -0.05) is 29.8 Å². The summed E-state index contributed by atoms with van der Waals surface area (Å²) in [5.41, 5.74) is 4.14. The van der Waals surface area contributed by atoms with Gasteiger partial charge in [-0.2, -0.15) is 0 Å². The summed E-state index contributed by atoms with van der Waals surface area (Å²) < 4.78 is 0. The Morgan fingerprint density at radius 2 is 1.92 bits per heavy atom. The summed E-state index contributed by atoms with van der Waals surface area (Å²) in [5.74, 6) is 0.00472. The lowest BCUT2D eigenvalue weighted by Gasteiger charge is -2.16. The van der Waals surface area contributed by atoms with Crippen LogP contribution in [0.2, 0.25) is 0 Å². The Morgan fingerprint density at radius 1 is 1.17 bits per heavy atom. The molecule has 0 aromatic heterocycles. The molecule has 1 heterocycles. The highest BCUT2D eigenvalue weighted by atomic mass is 16.2. The second kappa shape index (κ2) is 5.78. The van der Waals surface area contributed by atoms with Crippen molar-refractivity contribution in [3.8, 4) is 0 Å². The van der Waals surface area contributed by atoms with E-state index in [0.717, 1.165) is 22.4 Å². The van der Waals surface area contributed by atoms with E-state index < -0.39 is 5.41 Å². The van der Waals surface area contributed by atoms with Gasteiger partial charge in [0, 0.05) is 24.8 Å². The first kappa shape index (κ1) is 16.2. The van der Waals surface area contributed by atoms with Gasteiger partial charge in [-0.25, -0.2) is 0 Å². The van der Waals surface area contributed by atoms with Gasteiger partial charge >= 0.3 is 0 Å². The van der Waals surface area contributed by atoms with Gasteiger partial charge in [0.15, 0.2) is 0 Å². The monoisotopic (exact) mass is 322 g/mol. The number of carbonyl (C=O) groups excluding carboxylic acids is 2. The van der Waals surface area contributed by atoms with Crippen LogP contribution >= 0.6 is 0 Å². The van der Waals surface area contributed by atoms with Crippen LogP contribution < -0.4 is 10.2 Å². The van der Waals surface area contributed by atoms with E-state index in [0.29, 0.717) is 12.1 Å². The molecule has 0 bridgehead atoms. The van der Waals surface area contributed by atoms with Crippen molar-refractivity contribution in [2.75, 3.05) is 11.9 Å². The minimum absolute atomic E-state index is 0.0911. The third-order valence-electron chi connectivity index (χ3n) is 4.67. The molecule has 0 atom stereocenters. The van der Waals surface area contributed by atoms with Crippen molar-refractivity contribution in [1.29, 1.82) is 0 Å². The summed E-state index contributed by atoms with van der Waals surface area (Å²) in [6.07, 6.45) is 0. The maximum atomic E-state index is 12.3. The molecular formula is C20H22N2O2. The smallest absolute Gasteiger partial charge is 0.251 e. The van der Waals surface area contributed by atoms with E-state index in [1.807, 2.05) is 63.2 Å². The summed E-state index contributed by atoms with van der Waals surface area (Å²) in [6.45, 7) is 6.28. The van der Waals surface area contributed by atoms with Crippen molar-refractivity contribution in [1.82, 2.24) is 5.32 Å². The third kappa shape index (κ3) is 2.68. The van der Waals surface area contributed by atoms with Crippen LogP contribution in [0.15, 0.2) is 42.5 Å². The number of hydrogen-bond donors (Lipinski definition) is 1. The number of carbonyl (C=O) groups is 2. The standard InChI is InChI=1S/C20H22N2O2/c1-13-6-5-7-15(10-13)18(23)21-12-14-8-9-17-16(11-14)20(2,3)19(24)22(17)4/h5-11H,12H2,1-4H3,(H,21,23). The third-order valence-corrected chi connectivity index (χ3v) is 4.67. The molecular weight excluding hydrogens is 300 g/mol. The second-order valence-electron chi connectivity index (χ2n) is 6.89. The predicted octanol–water partition coefficient (Wildman–Crippen LogP) is 3.18. The molecule has 1 N–H and O–H groups in total. The zero-order chi connectivity index (χ0) is 17.5. The van der Waals surface area contributed by atoms with Crippen molar-refractivity contribution < 1.29 is 9.59 Å². The summed E-state index contributed by atoms with van der Waals surface area (Å²) in [7, 11) is 1.80. The van der Waals surface area contributed by atoms with Crippen molar-refractivity contribution >= 4 is 17.5 Å². The van der Waals surface area contributed by atoms with E-state index in [-0.39, 0.29) is 11.8 Å². The SMILES string of the molecule is Cc1cccc(C(=O)NCc2ccc3c(c2)C(C)(C)C(=O)N3C)c1. The first-order chi connectivity index (χ1) is 11.3. The van der Waals surface area contributed by atoms with Gasteiger partial charge in [0.25, 0.3) is 5.91 Å². The Balaban J connectivity index is 1.77. The molecule has 2 aromatic carbocycles. The fourth-order valence-electron chi connectivity index (χ4n) is 3.20. The zero-order valence-electron chi connectivity index (χ0n) is 14.5. The van der Waals surface area contributed by atoms with Crippen LogP contribution in [-0.2, 0) is 16.8 Å². The molecule has 0 saturated heterocycles. The molecule has 3 rings (SSSR count).